The molecule has 0 aliphatic heterocycles. The molecular formula is C23H29Cl2N3O4S. The van der Waals surface area contributed by atoms with Crippen LogP contribution in [0.2, 0.25) is 10.3 Å². The standard InChI is InChI=1S/C20H23Cl2N3O2S.C3H6O2/c1-28-20-23-17(21)16(18(22)24-20)19(27)25(11-12-26)15-9-7-14(8-10-15)13-5-3-2-4-6-13;1-3(4)5-2/h7-10,13,26H,2-6,11-12H2,1H3;1-2H3. The van der Waals surface area contributed by atoms with Crippen molar-refractivity contribution in [3.05, 3.63) is 45.7 Å². The highest BCUT2D eigenvalue weighted by Crippen LogP contribution is 2.34. The zero-order chi connectivity index (χ0) is 24.4. The summed E-state index contributed by atoms with van der Waals surface area (Å²) in [6.07, 6.45) is 8.07. The number of carbonyl (C=O) groups excluding carboxylic acids is 2. The number of aliphatic hydroxyl groups excluding tert-OH is 1. The second-order valence-electron chi connectivity index (χ2n) is 7.47. The molecule has 0 bridgehead atoms. The zero-order valence-electron chi connectivity index (χ0n) is 19.0. The highest BCUT2D eigenvalue weighted by atomic mass is 35.5. The van der Waals surface area contributed by atoms with Crippen LogP contribution in [0.3, 0.4) is 0 Å². The van der Waals surface area contributed by atoms with E-state index in [0.717, 1.165) is 0 Å². The third-order valence-corrected chi connectivity index (χ3v) is 6.43. The molecule has 1 saturated carbocycles. The van der Waals surface area contributed by atoms with Gasteiger partial charge in [-0.05, 0) is 42.7 Å². The van der Waals surface area contributed by atoms with Gasteiger partial charge in [0.25, 0.3) is 5.91 Å². The average molecular weight is 514 g/mol. The highest BCUT2D eigenvalue weighted by molar-refractivity contribution is 7.98. The van der Waals surface area contributed by atoms with Crippen LogP contribution in [0.25, 0.3) is 0 Å². The van der Waals surface area contributed by atoms with E-state index in [0.29, 0.717) is 16.8 Å². The molecule has 2 aromatic rings. The van der Waals surface area contributed by atoms with E-state index in [1.165, 1.54) is 68.4 Å². The second-order valence-corrected chi connectivity index (χ2v) is 8.96. The van der Waals surface area contributed by atoms with Gasteiger partial charge in [0.15, 0.2) is 5.16 Å². The maximum atomic E-state index is 13.1. The molecule has 1 aromatic heterocycles. The molecule has 0 atom stereocenters. The molecule has 0 unspecified atom stereocenters. The number of hydrogen-bond acceptors (Lipinski definition) is 7. The molecule has 1 aliphatic rings. The number of halogens is 2. The number of rotatable bonds is 6. The number of ether oxygens (including phenoxy) is 1. The molecule has 1 aromatic carbocycles. The van der Waals surface area contributed by atoms with Crippen molar-refractivity contribution in [3.63, 3.8) is 0 Å². The van der Waals surface area contributed by atoms with Crippen LogP contribution in [0.15, 0.2) is 29.4 Å². The number of anilines is 1. The van der Waals surface area contributed by atoms with Gasteiger partial charge in [0, 0.05) is 19.2 Å². The molecule has 1 fully saturated rings. The van der Waals surface area contributed by atoms with Gasteiger partial charge in [0.2, 0.25) is 0 Å². The van der Waals surface area contributed by atoms with Gasteiger partial charge in [-0.3, -0.25) is 9.59 Å². The first kappa shape index (κ1) is 27.4. The van der Waals surface area contributed by atoms with Crippen molar-refractivity contribution in [1.82, 2.24) is 9.97 Å². The normalized spacial score (nSPS) is 13.6. The number of carbonyl (C=O) groups is 2. The number of benzene rings is 1. The third kappa shape index (κ3) is 7.84. The van der Waals surface area contributed by atoms with Crippen LogP contribution in [-0.4, -0.2) is 53.5 Å². The van der Waals surface area contributed by atoms with Gasteiger partial charge in [-0.25, -0.2) is 9.97 Å². The summed E-state index contributed by atoms with van der Waals surface area (Å²) < 4.78 is 4.11. The molecule has 1 N–H and O–H groups in total. The average Bonchev–Trinajstić information content (AvgIpc) is 2.83. The number of esters is 1. The Morgan fingerprint density at radius 3 is 2.12 bits per heavy atom. The minimum atomic E-state index is -0.429. The maximum absolute atomic E-state index is 13.1. The van der Waals surface area contributed by atoms with Gasteiger partial charge in [0.1, 0.15) is 15.9 Å². The van der Waals surface area contributed by atoms with E-state index in [1.54, 1.807) is 6.26 Å². The van der Waals surface area contributed by atoms with Crippen molar-refractivity contribution >= 4 is 52.5 Å². The van der Waals surface area contributed by atoms with E-state index in [2.05, 4.69) is 26.8 Å². The van der Waals surface area contributed by atoms with Crippen molar-refractivity contribution < 1.29 is 19.4 Å². The first-order valence-corrected chi connectivity index (χ1v) is 12.6. The SMILES string of the molecule is COC(C)=O.CSc1nc(Cl)c(C(=O)N(CCO)c2ccc(C3CCCCC3)cc2)c(Cl)n1. The topological polar surface area (TPSA) is 92.6 Å². The van der Waals surface area contributed by atoms with Gasteiger partial charge in [-0.15, -0.1) is 0 Å². The summed E-state index contributed by atoms with van der Waals surface area (Å²) in [5, 5.41) is 9.90. The van der Waals surface area contributed by atoms with Gasteiger partial charge < -0.3 is 14.7 Å². The molecule has 0 radical (unpaired) electrons. The summed E-state index contributed by atoms with van der Waals surface area (Å²) in [5.74, 6) is -0.0895. The lowest BCUT2D eigenvalue weighted by Crippen LogP contribution is -2.34. The van der Waals surface area contributed by atoms with Crippen molar-refractivity contribution in [2.45, 2.75) is 50.1 Å². The van der Waals surface area contributed by atoms with E-state index in [4.69, 9.17) is 23.2 Å². The summed E-state index contributed by atoms with van der Waals surface area (Å²) >= 11 is 13.7. The van der Waals surface area contributed by atoms with Crippen LogP contribution < -0.4 is 4.90 Å². The van der Waals surface area contributed by atoms with Crippen molar-refractivity contribution in [1.29, 1.82) is 0 Å². The van der Waals surface area contributed by atoms with E-state index < -0.39 is 5.91 Å². The van der Waals surface area contributed by atoms with Gasteiger partial charge in [-0.2, -0.15) is 0 Å². The Morgan fingerprint density at radius 2 is 1.67 bits per heavy atom. The Bertz CT molecular complexity index is 915. The lowest BCUT2D eigenvalue weighted by atomic mass is 9.84. The Balaban J connectivity index is 0.000000696. The van der Waals surface area contributed by atoms with Crippen LogP contribution in [0.5, 0.6) is 0 Å². The molecule has 180 valence electrons. The van der Waals surface area contributed by atoms with Crippen LogP contribution >= 0.6 is 35.0 Å². The monoisotopic (exact) mass is 513 g/mol. The predicted octanol–water partition coefficient (Wildman–Crippen LogP) is 5.37. The number of thioether (sulfide) groups is 1. The number of aliphatic hydroxyl groups is 1. The molecule has 10 heteroatoms. The van der Waals surface area contributed by atoms with Gasteiger partial charge >= 0.3 is 5.97 Å². The number of hydrogen-bond donors (Lipinski definition) is 1. The predicted molar refractivity (Wildman–Crippen MR) is 133 cm³/mol. The largest absolute Gasteiger partial charge is 0.469 e. The van der Waals surface area contributed by atoms with E-state index >= 15 is 0 Å². The highest BCUT2D eigenvalue weighted by Gasteiger charge is 2.25. The van der Waals surface area contributed by atoms with Crippen LogP contribution in [0, 0.1) is 0 Å². The van der Waals surface area contributed by atoms with Crippen LogP contribution in [0.1, 0.15) is 60.9 Å². The summed E-state index contributed by atoms with van der Waals surface area (Å²) in [7, 11) is 1.35. The number of methoxy groups -OCH3 is 1. The van der Waals surface area contributed by atoms with E-state index in [9.17, 15) is 14.7 Å². The van der Waals surface area contributed by atoms with Gasteiger partial charge in [-0.1, -0.05) is 66.4 Å². The van der Waals surface area contributed by atoms with Gasteiger partial charge in [0.05, 0.1) is 13.7 Å². The van der Waals surface area contributed by atoms with E-state index in [1.807, 2.05) is 12.1 Å². The molecule has 1 amide bonds. The quantitative estimate of drug-likeness (QED) is 0.240. The van der Waals surface area contributed by atoms with Crippen molar-refractivity contribution in [3.8, 4) is 0 Å². The molecular weight excluding hydrogens is 485 g/mol. The number of aromatic nitrogens is 2. The summed E-state index contributed by atoms with van der Waals surface area (Å²) in [4.78, 5) is 32.4. The minimum absolute atomic E-state index is 0.0103. The minimum Gasteiger partial charge on any atom is -0.469 e. The second kappa shape index (κ2) is 13.7. The van der Waals surface area contributed by atoms with Crippen molar-refractivity contribution in [2.75, 3.05) is 31.4 Å². The Labute approximate surface area is 208 Å². The molecule has 3 rings (SSSR count). The smallest absolute Gasteiger partial charge is 0.302 e. The molecule has 33 heavy (non-hydrogen) atoms. The first-order valence-electron chi connectivity index (χ1n) is 10.7. The fourth-order valence-electron chi connectivity index (χ4n) is 3.60. The summed E-state index contributed by atoms with van der Waals surface area (Å²) in [6.45, 7) is 1.30. The number of nitrogens with zero attached hydrogens (tertiary/aromatic N) is 3. The van der Waals surface area contributed by atoms with E-state index in [-0.39, 0.29) is 35.0 Å². The molecule has 1 aliphatic carbocycles. The lowest BCUT2D eigenvalue weighted by molar-refractivity contribution is -0.137. The maximum Gasteiger partial charge on any atom is 0.302 e. The van der Waals surface area contributed by atoms with Crippen molar-refractivity contribution in [2.24, 2.45) is 0 Å². The fourth-order valence-corrected chi connectivity index (χ4v) is 4.62. The Kier molecular flexibility index (Phi) is 11.4. The summed E-state index contributed by atoms with van der Waals surface area (Å²) in [6, 6.07) is 7.96. The molecule has 7 nitrogen and oxygen atoms in total. The Morgan fingerprint density at radius 1 is 1.12 bits per heavy atom. The van der Waals surface area contributed by atoms with Crippen LogP contribution in [0.4, 0.5) is 5.69 Å². The first-order chi connectivity index (χ1) is 15.8. The Hall–Kier alpha value is -1.87. The zero-order valence-corrected chi connectivity index (χ0v) is 21.3. The lowest BCUT2D eigenvalue weighted by Gasteiger charge is -2.25. The molecule has 0 saturated heterocycles. The number of amides is 1. The summed E-state index contributed by atoms with van der Waals surface area (Å²) in [5.41, 5.74) is 2.02. The molecule has 1 heterocycles. The van der Waals surface area contributed by atoms with Crippen LogP contribution in [-0.2, 0) is 9.53 Å². The fraction of sp³-hybridized carbons (Fsp3) is 0.478. The molecule has 0 spiro atoms. The third-order valence-electron chi connectivity index (χ3n) is 5.33.